The summed E-state index contributed by atoms with van der Waals surface area (Å²) in [5, 5.41) is 9.37. The Bertz CT molecular complexity index is 930. The van der Waals surface area contributed by atoms with E-state index in [4.69, 9.17) is 28.9 Å². The minimum atomic E-state index is -3.92. The van der Waals surface area contributed by atoms with Gasteiger partial charge in [-0.3, -0.25) is 4.79 Å². The predicted octanol–water partition coefficient (Wildman–Crippen LogP) is 2.96. The molecular weight excluding hydrogens is 385 g/mol. The summed E-state index contributed by atoms with van der Waals surface area (Å²) in [5.74, 6) is -2.00. The minimum Gasteiger partial charge on any atom is -0.481 e. The van der Waals surface area contributed by atoms with Gasteiger partial charge in [0.05, 0.1) is 10.1 Å². The number of carbonyl (C=O) groups is 1. The fraction of sp³-hybridized carbons (Fsp3) is 0.235. The van der Waals surface area contributed by atoms with Gasteiger partial charge in [-0.15, -0.1) is 0 Å². The van der Waals surface area contributed by atoms with Crippen LogP contribution in [0.2, 0.25) is 10.0 Å². The van der Waals surface area contributed by atoms with Gasteiger partial charge in [-0.1, -0.05) is 35.3 Å². The molecule has 3 atom stereocenters. The van der Waals surface area contributed by atoms with Gasteiger partial charge in [0.2, 0.25) is 0 Å². The summed E-state index contributed by atoms with van der Waals surface area (Å²) in [6, 6.07) is 12.2. The summed E-state index contributed by atoms with van der Waals surface area (Å²) in [5.41, 5.74) is 4.69. The molecule has 3 rings (SSSR count). The van der Waals surface area contributed by atoms with Crippen LogP contribution in [0.1, 0.15) is 11.5 Å². The normalized spacial score (nSPS) is 25.6. The van der Waals surface area contributed by atoms with E-state index in [9.17, 15) is 18.3 Å². The van der Waals surface area contributed by atoms with E-state index < -0.39 is 32.4 Å². The van der Waals surface area contributed by atoms with Gasteiger partial charge in [-0.05, 0) is 42.0 Å². The molecule has 5 nitrogen and oxygen atoms in total. The summed E-state index contributed by atoms with van der Waals surface area (Å²) in [4.78, 5) is 11.9. The van der Waals surface area contributed by atoms with E-state index in [1.807, 2.05) is 0 Å². The minimum absolute atomic E-state index is 0.0190. The molecule has 1 saturated carbocycles. The molecule has 0 spiro atoms. The maximum Gasteiger partial charge on any atom is 0.312 e. The number of hydrogen-bond acceptors (Lipinski definition) is 4. The molecular formula is C17H15Cl2NO4S. The van der Waals surface area contributed by atoms with Gasteiger partial charge in [0.1, 0.15) is 5.41 Å². The molecule has 0 saturated heterocycles. The molecule has 2 aromatic carbocycles. The summed E-state index contributed by atoms with van der Waals surface area (Å²) in [6.45, 7) is -0.295. The van der Waals surface area contributed by atoms with Crippen molar-refractivity contribution in [1.82, 2.24) is 0 Å². The van der Waals surface area contributed by atoms with Crippen LogP contribution in [-0.2, 0) is 14.6 Å². The standard InChI is InChI=1S/C17H15Cl2NO4S/c18-11-4-6-13(7-5-11)25(23,24)15-14(17(15,9-20)16(21)22)10-2-1-3-12(19)8-10/h1-8,14-15H,9,20H2,(H,21,22)/t14-,15+,17-/m1/s1. The van der Waals surface area contributed by atoms with Crippen LogP contribution in [-0.4, -0.2) is 31.3 Å². The second kappa shape index (κ2) is 6.29. The molecule has 0 aromatic heterocycles. The van der Waals surface area contributed by atoms with E-state index in [1.165, 1.54) is 24.3 Å². The molecule has 8 heteroatoms. The summed E-state index contributed by atoms with van der Waals surface area (Å²) in [6.07, 6.45) is 0. The van der Waals surface area contributed by atoms with Crippen LogP contribution < -0.4 is 5.73 Å². The van der Waals surface area contributed by atoms with E-state index in [0.29, 0.717) is 15.6 Å². The van der Waals surface area contributed by atoms with Crippen molar-refractivity contribution in [3.05, 3.63) is 64.1 Å². The van der Waals surface area contributed by atoms with Gasteiger partial charge >= 0.3 is 5.97 Å². The first-order valence-corrected chi connectivity index (χ1v) is 9.73. The van der Waals surface area contributed by atoms with Crippen molar-refractivity contribution in [3.8, 4) is 0 Å². The molecule has 25 heavy (non-hydrogen) atoms. The number of halogens is 2. The van der Waals surface area contributed by atoms with Gasteiger partial charge < -0.3 is 10.8 Å². The van der Waals surface area contributed by atoms with E-state index in [0.717, 1.165) is 0 Å². The molecule has 1 aliphatic rings. The molecule has 0 bridgehead atoms. The van der Waals surface area contributed by atoms with Crippen molar-refractivity contribution in [2.75, 3.05) is 6.54 Å². The number of sulfone groups is 1. The van der Waals surface area contributed by atoms with Crippen LogP contribution in [0.3, 0.4) is 0 Å². The number of rotatable bonds is 5. The first-order chi connectivity index (χ1) is 11.7. The molecule has 0 aliphatic heterocycles. The number of carboxylic acid groups (broad SMARTS) is 1. The zero-order valence-electron chi connectivity index (χ0n) is 12.9. The Kier molecular flexibility index (Phi) is 4.58. The van der Waals surface area contributed by atoms with Crippen molar-refractivity contribution in [3.63, 3.8) is 0 Å². The highest BCUT2D eigenvalue weighted by atomic mass is 35.5. The lowest BCUT2D eigenvalue weighted by Gasteiger charge is -2.10. The van der Waals surface area contributed by atoms with E-state index in [1.54, 1.807) is 24.3 Å². The van der Waals surface area contributed by atoms with Crippen LogP contribution in [0.4, 0.5) is 0 Å². The third-order valence-corrected chi connectivity index (χ3v) is 7.45. The highest BCUT2D eigenvalue weighted by molar-refractivity contribution is 7.92. The molecule has 3 N–H and O–H groups in total. The SMILES string of the molecule is NC[C@@]1(C(=O)O)[C@H](c2cccc(Cl)c2)[C@@H]1S(=O)(=O)c1ccc(Cl)cc1. The van der Waals surface area contributed by atoms with E-state index in [2.05, 4.69) is 0 Å². The Morgan fingerprint density at radius 2 is 1.76 bits per heavy atom. The number of aliphatic carboxylic acids is 1. The Labute approximate surface area is 155 Å². The molecule has 1 fully saturated rings. The zero-order valence-corrected chi connectivity index (χ0v) is 15.2. The first-order valence-electron chi connectivity index (χ1n) is 7.43. The molecule has 0 heterocycles. The third-order valence-electron chi connectivity index (χ3n) is 4.68. The zero-order chi connectivity index (χ0) is 18.4. The monoisotopic (exact) mass is 399 g/mol. The smallest absolute Gasteiger partial charge is 0.312 e. The third kappa shape index (κ3) is 2.83. The number of carboxylic acids is 1. The first kappa shape index (κ1) is 18.2. The number of hydrogen-bond donors (Lipinski definition) is 2. The largest absolute Gasteiger partial charge is 0.481 e. The van der Waals surface area contributed by atoms with Crippen LogP contribution in [0.25, 0.3) is 0 Å². The van der Waals surface area contributed by atoms with Crippen molar-refractivity contribution >= 4 is 39.0 Å². The molecule has 2 aromatic rings. The van der Waals surface area contributed by atoms with Gasteiger partial charge in [0.25, 0.3) is 0 Å². The van der Waals surface area contributed by atoms with Gasteiger partial charge in [-0.2, -0.15) is 0 Å². The van der Waals surface area contributed by atoms with Crippen LogP contribution in [0.5, 0.6) is 0 Å². The van der Waals surface area contributed by atoms with Crippen molar-refractivity contribution < 1.29 is 18.3 Å². The lowest BCUT2D eigenvalue weighted by molar-refractivity contribution is -0.143. The fourth-order valence-electron chi connectivity index (χ4n) is 3.39. The Balaban J connectivity index is 2.12. The van der Waals surface area contributed by atoms with Gasteiger partial charge in [0.15, 0.2) is 9.84 Å². The number of nitrogens with two attached hydrogens (primary N) is 1. The van der Waals surface area contributed by atoms with Crippen molar-refractivity contribution in [1.29, 1.82) is 0 Å². The van der Waals surface area contributed by atoms with Crippen LogP contribution >= 0.6 is 23.2 Å². The molecule has 0 amide bonds. The Morgan fingerprint density at radius 3 is 2.28 bits per heavy atom. The Morgan fingerprint density at radius 1 is 1.12 bits per heavy atom. The van der Waals surface area contributed by atoms with Gasteiger partial charge in [0, 0.05) is 22.5 Å². The van der Waals surface area contributed by atoms with Crippen molar-refractivity contribution in [2.24, 2.45) is 11.1 Å². The second-order valence-corrected chi connectivity index (χ2v) is 8.94. The lowest BCUT2D eigenvalue weighted by Crippen LogP contribution is -2.31. The summed E-state index contributed by atoms with van der Waals surface area (Å²) in [7, 11) is -3.92. The Hall–Kier alpha value is -1.60. The average Bonchev–Trinajstić information content (AvgIpc) is 3.27. The van der Waals surface area contributed by atoms with Gasteiger partial charge in [-0.25, -0.2) is 8.42 Å². The molecule has 1 aliphatic carbocycles. The highest BCUT2D eigenvalue weighted by Gasteiger charge is 2.75. The maximum absolute atomic E-state index is 13.1. The molecule has 132 valence electrons. The highest BCUT2D eigenvalue weighted by Crippen LogP contribution is 2.63. The van der Waals surface area contributed by atoms with Crippen LogP contribution in [0, 0.1) is 5.41 Å². The second-order valence-electron chi connectivity index (χ2n) is 6.00. The van der Waals surface area contributed by atoms with E-state index >= 15 is 0 Å². The van der Waals surface area contributed by atoms with E-state index in [-0.39, 0.29) is 11.4 Å². The van der Waals surface area contributed by atoms with Crippen molar-refractivity contribution in [2.45, 2.75) is 16.1 Å². The predicted molar refractivity (Wildman–Crippen MR) is 95.7 cm³/mol. The number of benzene rings is 2. The average molecular weight is 400 g/mol. The maximum atomic E-state index is 13.1. The lowest BCUT2D eigenvalue weighted by atomic mass is 9.99. The summed E-state index contributed by atoms with van der Waals surface area (Å²) < 4.78 is 26.1. The molecule has 0 radical (unpaired) electrons. The summed E-state index contributed by atoms with van der Waals surface area (Å²) >= 11 is 11.8. The topological polar surface area (TPSA) is 97.5 Å². The van der Waals surface area contributed by atoms with Crippen LogP contribution in [0.15, 0.2) is 53.4 Å². The quantitative estimate of drug-likeness (QED) is 0.804. The molecule has 0 unspecified atom stereocenters. The fourth-order valence-corrected chi connectivity index (χ4v) is 6.10.